The molecule has 1 aromatic carbocycles. The molecule has 2 heterocycles. The van der Waals surface area contributed by atoms with Crippen molar-refractivity contribution in [2.24, 2.45) is 0 Å². The molecular formula is C14H10ClN5. The summed E-state index contributed by atoms with van der Waals surface area (Å²) in [4.78, 5) is 8.35. The first kappa shape index (κ1) is 12.5. The second kappa shape index (κ2) is 4.83. The van der Waals surface area contributed by atoms with Crippen molar-refractivity contribution in [3.8, 4) is 12.3 Å². The number of hydrogen-bond acceptors (Lipinski definition) is 4. The average Bonchev–Trinajstić information content (AvgIpc) is 2.87. The van der Waals surface area contributed by atoms with Crippen molar-refractivity contribution >= 4 is 28.9 Å². The molecule has 3 aromatic rings. The van der Waals surface area contributed by atoms with Gasteiger partial charge < -0.3 is 5.32 Å². The van der Waals surface area contributed by atoms with Crippen LogP contribution in [0.25, 0.3) is 5.78 Å². The van der Waals surface area contributed by atoms with E-state index in [9.17, 15) is 0 Å². The fourth-order valence-electron chi connectivity index (χ4n) is 1.88. The zero-order valence-electron chi connectivity index (χ0n) is 10.6. The van der Waals surface area contributed by atoms with Crippen LogP contribution in [-0.4, -0.2) is 19.6 Å². The largest absolute Gasteiger partial charge is 0.340 e. The number of aromatic nitrogens is 4. The standard InChI is InChI=1S/C14H10ClN5/c1-3-10-4-5-11(7-12(10)15)19-13-6-9(2)18-14-16-8-17-20(13)14/h1,4-8,19H,2H3. The van der Waals surface area contributed by atoms with Crippen LogP contribution in [0.5, 0.6) is 0 Å². The minimum atomic E-state index is 0.526. The van der Waals surface area contributed by atoms with Gasteiger partial charge in [-0.3, -0.25) is 0 Å². The molecule has 0 radical (unpaired) electrons. The van der Waals surface area contributed by atoms with Crippen molar-refractivity contribution in [1.29, 1.82) is 0 Å². The van der Waals surface area contributed by atoms with Gasteiger partial charge in [0.05, 0.1) is 5.02 Å². The third kappa shape index (κ3) is 2.17. The summed E-state index contributed by atoms with van der Waals surface area (Å²) < 4.78 is 1.62. The molecule has 2 aromatic heterocycles. The zero-order chi connectivity index (χ0) is 14.1. The third-order valence-electron chi connectivity index (χ3n) is 2.78. The Morgan fingerprint density at radius 3 is 2.95 bits per heavy atom. The van der Waals surface area contributed by atoms with Gasteiger partial charge in [-0.1, -0.05) is 17.5 Å². The Morgan fingerprint density at radius 2 is 2.20 bits per heavy atom. The van der Waals surface area contributed by atoms with Gasteiger partial charge in [-0.05, 0) is 25.1 Å². The highest BCUT2D eigenvalue weighted by molar-refractivity contribution is 6.32. The van der Waals surface area contributed by atoms with E-state index in [0.717, 1.165) is 17.2 Å². The highest BCUT2D eigenvalue weighted by Gasteiger charge is 2.07. The summed E-state index contributed by atoms with van der Waals surface area (Å²) in [6, 6.07) is 7.30. The van der Waals surface area contributed by atoms with Crippen molar-refractivity contribution in [2.75, 3.05) is 5.32 Å². The molecule has 0 atom stereocenters. The van der Waals surface area contributed by atoms with Crippen molar-refractivity contribution in [1.82, 2.24) is 19.6 Å². The first-order valence-electron chi connectivity index (χ1n) is 5.88. The molecule has 0 spiro atoms. The molecule has 0 saturated carbocycles. The van der Waals surface area contributed by atoms with Crippen LogP contribution in [0.15, 0.2) is 30.6 Å². The quantitative estimate of drug-likeness (QED) is 0.735. The van der Waals surface area contributed by atoms with Crippen molar-refractivity contribution in [3.63, 3.8) is 0 Å². The minimum Gasteiger partial charge on any atom is -0.340 e. The lowest BCUT2D eigenvalue weighted by Gasteiger charge is -2.09. The van der Waals surface area contributed by atoms with E-state index < -0.39 is 0 Å². The molecule has 0 bridgehead atoms. The summed E-state index contributed by atoms with van der Waals surface area (Å²) in [5.41, 5.74) is 2.32. The smallest absolute Gasteiger partial charge is 0.254 e. The molecule has 0 saturated heterocycles. The average molecular weight is 284 g/mol. The molecule has 98 valence electrons. The number of anilines is 2. The van der Waals surface area contributed by atoms with E-state index in [-0.39, 0.29) is 0 Å². The van der Waals surface area contributed by atoms with Crippen LogP contribution in [0.4, 0.5) is 11.5 Å². The maximum atomic E-state index is 6.09. The molecule has 0 unspecified atom stereocenters. The number of aryl methyl sites for hydroxylation is 1. The van der Waals surface area contributed by atoms with Crippen molar-refractivity contribution in [3.05, 3.63) is 46.9 Å². The van der Waals surface area contributed by atoms with Crippen LogP contribution in [0.1, 0.15) is 11.3 Å². The highest BCUT2D eigenvalue weighted by atomic mass is 35.5. The molecule has 3 rings (SSSR count). The molecule has 5 nitrogen and oxygen atoms in total. The van der Waals surface area contributed by atoms with Gasteiger partial charge in [0.2, 0.25) is 0 Å². The molecule has 0 aliphatic carbocycles. The first-order chi connectivity index (χ1) is 9.67. The first-order valence-corrected chi connectivity index (χ1v) is 6.26. The Balaban J connectivity index is 2.03. The number of nitrogens with zero attached hydrogens (tertiary/aromatic N) is 4. The van der Waals surface area contributed by atoms with Gasteiger partial charge in [-0.2, -0.15) is 14.6 Å². The van der Waals surface area contributed by atoms with Gasteiger partial charge in [-0.25, -0.2) is 4.98 Å². The Bertz CT molecular complexity index is 831. The number of terminal acetylenes is 1. The van der Waals surface area contributed by atoms with Crippen LogP contribution >= 0.6 is 11.6 Å². The second-order valence-corrected chi connectivity index (χ2v) is 4.63. The summed E-state index contributed by atoms with van der Waals surface area (Å²) in [7, 11) is 0. The molecule has 0 fully saturated rings. The Labute approximate surface area is 120 Å². The van der Waals surface area contributed by atoms with Crippen LogP contribution in [0.2, 0.25) is 5.02 Å². The predicted molar refractivity (Wildman–Crippen MR) is 78.2 cm³/mol. The number of fused-ring (bicyclic) bond motifs is 1. The van der Waals surface area contributed by atoms with Crippen LogP contribution < -0.4 is 5.32 Å². The van der Waals surface area contributed by atoms with Gasteiger partial charge >= 0.3 is 0 Å². The fourth-order valence-corrected chi connectivity index (χ4v) is 2.11. The highest BCUT2D eigenvalue weighted by Crippen LogP contribution is 2.23. The summed E-state index contributed by atoms with van der Waals surface area (Å²) >= 11 is 6.09. The monoisotopic (exact) mass is 283 g/mol. The van der Waals surface area contributed by atoms with Crippen LogP contribution in [0.3, 0.4) is 0 Å². The molecule has 0 amide bonds. The number of rotatable bonds is 2. The molecule has 1 N–H and O–H groups in total. The number of nitrogens with one attached hydrogen (secondary N) is 1. The van der Waals surface area contributed by atoms with E-state index in [1.165, 1.54) is 6.33 Å². The molecule has 0 aliphatic rings. The fraction of sp³-hybridized carbons (Fsp3) is 0.0714. The third-order valence-corrected chi connectivity index (χ3v) is 3.09. The minimum absolute atomic E-state index is 0.526. The lowest BCUT2D eigenvalue weighted by Crippen LogP contribution is -2.02. The summed E-state index contributed by atoms with van der Waals surface area (Å²) in [6.45, 7) is 1.90. The summed E-state index contributed by atoms with van der Waals surface area (Å²) in [5, 5.41) is 7.89. The van der Waals surface area contributed by atoms with Crippen molar-refractivity contribution in [2.45, 2.75) is 6.92 Å². The molecular weight excluding hydrogens is 274 g/mol. The summed E-state index contributed by atoms with van der Waals surface area (Å²) in [6.07, 6.45) is 6.81. The van der Waals surface area contributed by atoms with Gasteiger partial charge in [0.1, 0.15) is 12.1 Å². The Morgan fingerprint density at radius 1 is 1.35 bits per heavy atom. The van der Waals surface area contributed by atoms with Crippen LogP contribution in [-0.2, 0) is 0 Å². The van der Waals surface area contributed by atoms with E-state index in [4.69, 9.17) is 18.0 Å². The normalized spacial score (nSPS) is 10.4. The lowest BCUT2D eigenvalue weighted by atomic mass is 10.2. The molecule has 0 aliphatic heterocycles. The van der Waals surface area contributed by atoms with Gasteiger partial charge in [0.25, 0.3) is 5.78 Å². The van der Waals surface area contributed by atoms with E-state index in [2.05, 4.69) is 26.3 Å². The van der Waals surface area contributed by atoms with E-state index in [1.54, 1.807) is 16.6 Å². The molecule has 20 heavy (non-hydrogen) atoms. The SMILES string of the molecule is C#Cc1ccc(Nc2cc(C)nc3ncnn23)cc1Cl. The maximum absolute atomic E-state index is 6.09. The predicted octanol–water partition coefficient (Wildman–Crippen LogP) is 2.81. The van der Waals surface area contributed by atoms with E-state index in [1.807, 2.05) is 19.1 Å². The topological polar surface area (TPSA) is 55.1 Å². The maximum Gasteiger partial charge on any atom is 0.254 e. The molecule has 6 heteroatoms. The Hall–Kier alpha value is -2.58. The van der Waals surface area contributed by atoms with E-state index in [0.29, 0.717) is 16.4 Å². The van der Waals surface area contributed by atoms with Gasteiger partial charge in [-0.15, -0.1) is 6.42 Å². The van der Waals surface area contributed by atoms with Gasteiger partial charge in [0, 0.05) is 23.0 Å². The summed E-state index contributed by atoms with van der Waals surface area (Å²) in [5.74, 6) is 3.82. The Kier molecular flexibility index (Phi) is 3.01. The number of hydrogen-bond donors (Lipinski definition) is 1. The van der Waals surface area contributed by atoms with Gasteiger partial charge in [0.15, 0.2) is 0 Å². The number of benzene rings is 1. The second-order valence-electron chi connectivity index (χ2n) is 4.22. The van der Waals surface area contributed by atoms with Crippen LogP contribution in [0, 0.1) is 19.3 Å². The van der Waals surface area contributed by atoms with E-state index >= 15 is 0 Å². The number of halogens is 1. The zero-order valence-corrected chi connectivity index (χ0v) is 11.4. The lowest BCUT2D eigenvalue weighted by molar-refractivity contribution is 0.937. The van der Waals surface area contributed by atoms with Crippen molar-refractivity contribution < 1.29 is 0 Å².